The van der Waals surface area contributed by atoms with E-state index in [1.807, 2.05) is 6.92 Å². The molecule has 2 aromatic heterocycles. The maximum atomic E-state index is 5.35. The lowest BCUT2D eigenvalue weighted by atomic mass is 10.3. The summed E-state index contributed by atoms with van der Waals surface area (Å²) < 4.78 is 9.92. The van der Waals surface area contributed by atoms with Crippen LogP contribution in [0.15, 0.2) is 18.3 Å². The molecular formula is C13H18N4OS. The number of rotatable bonds is 3. The molecule has 0 aliphatic carbocycles. The highest BCUT2D eigenvalue weighted by atomic mass is 32.2. The van der Waals surface area contributed by atoms with E-state index >= 15 is 0 Å². The maximum absolute atomic E-state index is 5.35. The lowest BCUT2D eigenvalue weighted by molar-refractivity contribution is 0.395. The second-order valence-corrected chi connectivity index (χ2v) is 5.68. The van der Waals surface area contributed by atoms with Gasteiger partial charge in [-0.1, -0.05) is 0 Å². The van der Waals surface area contributed by atoms with Gasteiger partial charge in [0.1, 0.15) is 0 Å². The third-order valence-electron chi connectivity index (χ3n) is 3.22. The van der Waals surface area contributed by atoms with Gasteiger partial charge in [-0.25, -0.2) is 9.29 Å². The molecule has 6 heteroatoms. The summed E-state index contributed by atoms with van der Waals surface area (Å²) in [5, 5.41) is 4.43. The fraction of sp³-hybridized carbons (Fsp3) is 0.462. The standard InChI is InChI=1S/C13H18N4OS/c1-10-9-12-11(13(15-10)18-2)3-6-17(12)19-16-7-4-14-5-8-16/h3,6,9,14H,4-5,7-8H2,1-2H3. The molecule has 1 N–H and O–H groups in total. The molecule has 0 radical (unpaired) electrons. The minimum absolute atomic E-state index is 0.703. The predicted molar refractivity (Wildman–Crippen MR) is 78.5 cm³/mol. The second kappa shape index (κ2) is 5.40. The van der Waals surface area contributed by atoms with Crippen molar-refractivity contribution in [3.8, 4) is 5.88 Å². The van der Waals surface area contributed by atoms with Crippen LogP contribution in [-0.4, -0.2) is 46.6 Å². The molecule has 2 aromatic rings. The van der Waals surface area contributed by atoms with Gasteiger partial charge in [0.2, 0.25) is 5.88 Å². The molecule has 3 rings (SSSR count). The largest absolute Gasteiger partial charge is 0.480 e. The summed E-state index contributed by atoms with van der Waals surface area (Å²) >= 11 is 1.76. The van der Waals surface area contributed by atoms with E-state index < -0.39 is 0 Å². The summed E-state index contributed by atoms with van der Waals surface area (Å²) in [6.07, 6.45) is 2.08. The Hall–Kier alpha value is -1.24. The summed E-state index contributed by atoms with van der Waals surface area (Å²) in [5.41, 5.74) is 2.14. The van der Waals surface area contributed by atoms with Crippen molar-refractivity contribution in [3.63, 3.8) is 0 Å². The van der Waals surface area contributed by atoms with Crippen LogP contribution in [0.4, 0.5) is 0 Å². The molecule has 0 bridgehead atoms. The van der Waals surface area contributed by atoms with Gasteiger partial charge < -0.3 is 10.1 Å². The number of nitrogens with zero attached hydrogens (tertiary/aromatic N) is 3. The Morgan fingerprint density at radius 3 is 2.89 bits per heavy atom. The molecule has 0 aromatic carbocycles. The highest BCUT2D eigenvalue weighted by Crippen LogP contribution is 2.29. The molecule has 19 heavy (non-hydrogen) atoms. The van der Waals surface area contributed by atoms with Crippen molar-refractivity contribution >= 4 is 23.0 Å². The molecule has 0 atom stereocenters. The van der Waals surface area contributed by atoms with Crippen LogP contribution in [0.3, 0.4) is 0 Å². The normalized spacial score (nSPS) is 16.9. The molecular weight excluding hydrogens is 260 g/mol. The zero-order valence-electron chi connectivity index (χ0n) is 11.2. The summed E-state index contributed by atoms with van der Waals surface area (Å²) in [7, 11) is 1.67. The Balaban J connectivity index is 1.93. The number of aromatic nitrogens is 2. The highest BCUT2D eigenvalue weighted by Gasteiger charge is 2.14. The van der Waals surface area contributed by atoms with E-state index in [-0.39, 0.29) is 0 Å². The molecule has 5 nitrogen and oxygen atoms in total. The van der Waals surface area contributed by atoms with E-state index in [1.54, 1.807) is 19.2 Å². The first-order chi connectivity index (χ1) is 9.28. The first kappa shape index (κ1) is 12.8. The molecule has 102 valence electrons. The zero-order valence-corrected chi connectivity index (χ0v) is 12.0. The van der Waals surface area contributed by atoms with Crippen LogP contribution in [0, 0.1) is 6.92 Å². The topological polar surface area (TPSA) is 42.3 Å². The van der Waals surface area contributed by atoms with Crippen molar-refractivity contribution in [1.82, 2.24) is 18.6 Å². The lowest BCUT2D eigenvalue weighted by Crippen LogP contribution is -2.40. The Kier molecular flexibility index (Phi) is 3.63. The number of nitrogens with one attached hydrogen (secondary N) is 1. The molecule has 3 heterocycles. The van der Waals surface area contributed by atoms with Gasteiger partial charge in [-0.2, -0.15) is 0 Å². The number of ether oxygens (including phenoxy) is 1. The minimum Gasteiger partial charge on any atom is -0.480 e. The number of aryl methyl sites for hydroxylation is 1. The van der Waals surface area contributed by atoms with Crippen LogP contribution in [0.1, 0.15) is 5.69 Å². The third kappa shape index (κ3) is 2.56. The van der Waals surface area contributed by atoms with Crippen LogP contribution in [-0.2, 0) is 0 Å². The third-order valence-corrected chi connectivity index (χ3v) is 4.31. The fourth-order valence-electron chi connectivity index (χ4n) is 2.28. The summed E-state index contributed by atoms with van der Waals surface area (Å²) in [5.74, 6) is 0.703. The molecule has 0 saturated carbocycles. The van der Waals surface area contributed by atoms with E-state index in [0.29, 0.717) is 5.88 Å². The van der Waals surface area contributed by atoms with E-state index in [1.165, 1.54) is 0 Å². The number of piperazine rings is 1. The van der Waals surface area contributed by atoms with Gasteiger partial charge in [-0.15, -0.1) is 0 Å². The SMILES string of the molecule is COc1nc(C)cc2c1ccn2SN1CCNCC1. The number of methoxy groups -OCH3 is 1. The van der Waals surface area contributed by atoms with Crippen LogP contribution >= 0.6 is 12.1 Å². The smallest absolute Gasteiger partial charge is 0.222 e. The molecule has 0 unspecified atom stereocenters. The number of hydrogen-bond acceptors (Lipinski definition) is 5. The molecule has 0 spiro atoms. The molecule has 1 fully saturated rings. The Bertz CT molecular complexity index is 577. The number of pyridine rings is 1. The van der Waals surface area contributed by atoms with Crippen molar-refractivity contribution in [2.45, 2.75) is 6.92 Å². The quantitative estimate of drug-likeness (QED) is 0.865. The van der Waals surface area contributed by atoms with E-state index in [9.17, 15) is 0 Å². The van der Waals surface area contributed by atoms with Crippen LogP contribution < -0.4 is 10.1 Å². The van der Waals surface area contributed by atoms with Crippen molar-refractivity contribution < 1.29 is 4.74 Å². The average molecular weight is 278 g/mol. The zero-order chi connectivity index (χ0) is 13.2. The van der Waals surface area contributed by atoms with Gasteiger partial charge in [-0.3, -0.25) is 3.97 Å². The predicted octanol–water partition coefficient (Wildman–Crippen LogP) is 1.67. The summed E-state index contributed by atoms with van der Waals surface area (Å²) in [6, 6.07) is 4.17. The highest BCUT2D eigenvalue weighted by molar-refractivity contribution is 7.95. The van der Waals surface area contributed by atoms with Crippen molar-refractivity contribution in [3.05, 3.63) is 24.0 Å². The molecule has 0 amide bonds. The van der Waals surface area contributed by atoms with Gasteiger partial charge in [0.15, 0.2) is 0 Å². The monoisotopic (exact) mass is 278 g/mol. The fourth-order valence-corrected chi connectivity index (χ4v) is 3.23. The lowest BCUT2D eigenvalue weighted by Gasteiger charge is -2.26. The second-order valence-electron chi connectivity index (χ2n) is 4.61. The first-order valence-electron chi connectivity index (χ1n) is 6.45. The van der Waals surface area contributed by atoms with Gasteiger partial charge in [0.25, 0.3) is 0 Å². The van der Waals surface area contributed by atoms with Gasteiger partial charge in [0, 0.05) is 50.2 Å². The minimum atomic E-state index is 0.703. The molecule has 1 aliphatic rings. The van der Waals surface area contributed by atoms with Crippen LogP contribution in [0.5, 0.6) is 5.88 Å². The van der Waals surface area contributed by atoms with Crippen molar-refractivity contribution in [2.24, 2.45) is 0 Å². The average Bonchev–Trinajstić information content (AvgIpc) is 2.82. The van der Waals surface area contributed by atoms with E-state index in [2.05, 4.69) is 36.9 Å². The Morgan fingerprint density at radius 2 is 2.16 bits per heavy atom. The molecule has 1 saturated heterocycles. The maximum Gasteiger partial charge on any atom is 0.222 e. The Morgan fingerprint density at radius 1 is 1.37 bits per heavy atom. The van der Waals surface area contributed by atoms with Crippen molar-refractivity contribution in [2.75, 3.05) is 33.3 Å². The van der Waals surface area contributed by atoms with Crippen LogP contribution in [0.2, 0.25) is 0 Å². The van der Waals surface area contributed by atoms with Crippen LogP contribution in [0.25, 0.3) is 10.9 Å². The van der Waals surface area contributed by atoms with Gasteiger partial charge in [-0.05, 0) is 19.1 Å². The molecule has 1 aliphatic heterocycles. The van der Waals surface area contributed by atoms with Gasteiger partial charge in [0.05, 0.1) is 18.0 Å². The first-order valence-corrected chi connectivity index (χ1v) is 7.18. The number of fused-ring (bicyclic) bond motifs is 1. The van der Waals surface area contributed by atoms with E-state index in [4.69, 9.17) is 4.74 Å². The summed E-state index contributed by atoms with van der Waals surface area (Å²) in [6.45, 7) is 6.22. The van der Waals surface area contributed by atoms with Crippen molar-refractivity contribution in [1.29, 1.82) is 0 Å². The Labute approximate surface area is 117 Å². The van der Waals surface area contributed by atoms with Gasteiger partial charge >= 0.3 is 0 Å². The van der Waals surface area contributed by atoms with E-state index in [0.717, 1.165) is 42.8 Å². The number of hydrogen-bond donors (Lipinski definition) is 1. The summed E-state index contributed by atoms with van der Waals surface area (Å²) in [4.78, 5) is 4.41.